The molecule has 1 aromatic rings. The highest BCUT2D eigenvalue weighted by atomic mass is 32.2. The number of sulfone groups is 1. The molecule has 0 saturated carbocycles. The molecule has 1 saturated heterocycles. The van der Waals surface area contributed by atoms with Crippen molar-refractivity contribution in [2.45, 2.75) is 17.6 Å². The number of rotatable bonds is 5. The zero-order valence-corrected chi connectivity index (χ0v) is 14.2. The Labute approximate surface area is 134 Å². The summed E-state index contributed by atoms with van der Waals surface area (Å²) in [6, 6.07) is 5.20. The number of piperazine rings is 1. The van der Waals surface area contributed by atoms with Crippen LogP contribution in [0.1, 0.15) is 6.92 Å². The molecular weight excluding hydrogens is 350 g/mol. The standard InChI is InChI=1S/C13H18F2N2O4S2/c1-2-22(18,19)17-9-7-16(8-10-17)11-3-5-12(6-4-11)23(20,21)13(14)15/h3-6,13H,2,7-10H2,1H3. The Bertz CT molecular complexity index is 741. The fraction of sp³-hybridized carbons (Fsp3) is 0.538. The van der Waals surface area contributed by atoms with Crippen molar-refractivity contribution < 1.29 is 25.6 Å². The molecule has 1 fully saturated rings. The Hall–Kier alpha value is -1.26. The van der Waals surface area contributed by atoms with Crippen LogP contribution in [0.15, 0.2) is 29.2 Å². The lowest BCUT2D eigenvalue weighted by molar-refractivity contribution is 0.234. The molecule has 0 atom stereocenters. The molecular formula is C13H18F2N2O4S2. The van der Waals surface area contributed by atoms with Crippen molar-refractivity contribution in [1.29, 1.82) is 0 Å². The lowest BCUT2D eigenvalue weighted by Crippen LogP contribution is -2.49. The van der Waals surface area contributed by atoms with E-state index in [-0.39, 0.29) is 5.75 Å². The van der Waals surface area contributed by atoms with Crippen LogP contribution in [0.5, 0.6) is 0 Å². The fourth-order valence-electron chi connectivity index (χ4n) is 2.36. The number of nitrogens with zero attached hydrogens (tertiary/aromatic N) is 2. The first kappa shape index (κ1) is 18.1. The second-order valence-corrected chi connectivity index (χ2v) is 9.26. The molecule has 0 aliphatic carbocycles. The lowest BCUT2D eigenvalue weighted by Gasteiger charge is -2.35. The van der Waals surface area contributed by atoms with Crippen molar-refractivity contribution in [3.63, 3.8) is 0 Å². The van der Waals surface area contributed by atoms with Gasteiger partial charge in [-0.05, 0) is 31.2 Å². The molecule has 2 rings (SSSR count). The molecule has 1 heterocycles. The minimum atomic E-state index is -4.60. The number of hydrogen-bond donors (Lipinski definition) is 0. The predicted octanol–water partition coefficient (Wildman–Crippen LogP) is 1.15. The van der Waals surface area contributed by atoms with Crippen LogP contribution in [-0.2, 0) is 19.9 Å². The average Bonchev–Trinajstić information content (AvgIpc) is 2.55. The Morgan fingerprint density at radius 2 is 1.52 bits per heavy atom. The van der Waals surface area contributed by atoms with Crippen LogP contribution in [0.25, 0.3) is 0 Å². The molecule has 0 bridgehead atoms. The van der Waals surface area contributed by atoms with E-state index in [4.69, 9.17) is 0 Å². The third-order valence-corrected chi connectivity index (χ3v) is 7.04. The van der Waals surface area contributed by atoms with Gasteiger partial charge in [-0.2, -0.15) is 13.1 Å². The van der Waals surface area contributed by atoms with E-state index in [1.54, 1.807) is 6.92 Å². The zero-order valence-electron chi connectivity index (χ0n) is 12.5. The lowest BCUT2D eigenvalue weighted by atomic mass is 10.2. The van der Waals surface area contributed by atoms with Gasteiger partial charge < -0.3 is 4.90 Å². The van der Waals surface area contributed by atoms with Crippen molar-refractivity contribution >= 4 is 25.5 Å². The first-order valence-electron chi connectivity index (χ1n) is 7.03. The van der Waals surface area contributed by atoms with Gasteiger partial charge in [0, 0.05) is 31.9 Å². The number of benzene rings is 1. The van der Waals surface area contributed by atoms with Gasteiger partial charge in [-0.1, -0.05) is 0 Å². The maximum Gasteiger partial charge on any atom is 0.341 e. The van der Waals surface area contributed by atoms with Crippen LogP contribution >= 0.6 is 0 Å². The highest BCUT2D eigenvalue weighted by molar-refractivity contribution is 7.91. The van der Waals surface area contributed by atoms with E-state index in [2.05, 4.69) is 0 Å². The summed E-state index contributed by atoms with van der Waals surface area (Å²) < 4.78 is 72.7. The van der Waals surface area contributed by atoms with Crippen LogP contribution in [0.4, 0.5) is 14.5 Å². The number of halogens is 2. The maximum absolute atomic E-state index is 12.5. The van der Waals surface area contributed by atoms with Crippen LogP contribution in [0, 0.1) is 0 Å². The molecule has 1 aliphatic heterocycles. The third-order valence-electron chi connectivity index (χ3n) is 3.76. The Kier molecular flexibility index (Phi) is 5.27. The molecule has 0 aromatic heterocycles. The minimum absolute atomic E-state index is 0.0488. The largest absolute Gasteiger partial charge is 0.369 e. The van der Waals surface area contributed by atoms with Crippen LogP contribution < -0.4 is 4.90 Å². The van der Waals surface area contributed by atoms with Gasteiger partial charge in [0.15, 0.2) is 0 Å². The van der Waals surface area contributed by atoms with Crippen LogP contribution in [0.3, 0.4) is 0 Å². The summed E-state index contributed by atoms with van der Waals surface area (Å²) in [6.07, 6.45) is 0. The van der Waals surface area contributed by atoms with Gasteiger partial charge in [-0.15, -0.1) is 0 Å². The Morgan fingerprint density at radius 3 is 1.96 bits per heavy atom. The van der Waals surface area contributed by atoms with Gasteiger partial charge in [0.25, 0.3) is 0 Å². The molecule has 23 heavy (non-hydrogen) atoms. The summed E-state index contributed by atoms with van der Waals surface area (Å²) >= 11 is 0. The first-order valence-corrected chi connectivity index (χ1v) is 10.2. The van der Waals surface area contributed by atoms with E-state index in [9.17, 15) is 25.6 Å². The zero-order chi connectivity index (χ0) is 17.3. The molecule has 0 amide bonds. The van der Waals surface area contributed by atoms with Gasteiger partial charge in [0.05, 0.1) is 10.6 Å². The highest BCUT2D eigenvalue weighted by Crippen LogP contribution is 2.23. The van der Waals surface area contributed by atoms with Gasteiger partial charge in [0.2, 0.25) is 19.9 Å². The van der Waals surface area contributed by atoms with Crippen molar-refractivity contribution in [3.8, 4) is 0 Å². The van der Waals surface area contributed by atoms with E-state index >= 15 is 0 Å². The van der Waals surface area contributed by atoms with Gasteiger partial charge in [-0.3, -0.25) is 0 Å². The highest BCUT2D eigenvalue weighted by Gasteiger charge is 2.28. The number of sulfonamides is 1. The summed E-state index contributed by atoms with van der Waals surface area (Å²) in [5.41, 5.74) is 0.673. The van der Waals surface area contributed by atoms with E-state index in [1.165, 1.54) is 16.4 Å². The second-order valence-electron chi connectivity index (χ2n) is 5.09. The van der Waals surface area contributed by atoms with E-state index in [1.807, 2.05) is 4.90 Å². The van der Waals surface area contributed by atoms with Gasteiger partial charge in [0.1, 0.15) is 0 Å². The van der Waals surface area contributed by atoms with Crippen LogP contribution in [-0.4, -0.2) is 58.8 Å². The number of alkyl halides is 2. The van der Waals surface area contributed by atoms with Crippen molar-refractivity contribution in [2.75, 3.05) is 36.8 Å². The normalized spacial score (nSPS) is 17.7. The molecule has 130 valence electrons. The molecule has 6 nitrogen and oxygen atoms in total. The van der Waals surface area contributed by atoms with Crippen molar-refractivity contribution in [3.05, 3.63) is 24.3 Å². The van der Waals surface area contributed by atoms with Crippen molar-refractivity contribution in [2.24, 2.45) is 0 Å². The maximum atomic E-state index is 12.5. The van der Waals surface area contributed by atoms with Gasteiger partial charge >= 0.3 is 5.76 Å². The quantitative estimate of drug-likeness (QED) is 0.780. The van der Waals surface area contributed by atoms with E-state index in [0.717, 1.165) is 12.1 Å². The average molecular weight is 368 g/mol. The molecule has 10 heteroatoms. The second kappa shape index (κ2) is 6.70. The summed E-state index contributed by atoms with van der Waals surface area (Å²) in [4.78, 5) is 1.46. The number of hydrogen-bond acceptors (Lipinski definition) is 5. The summed E-state index contributed by atoms with van der Waals surface area (Å²) in [5.74, 6) is -3.40. The SMILES string of the molecule is CCS(=O)(=O)N1CCN(c2ccc(S(=O)(=O)C(F)F)cc2)CC1. The first-order chi connectivity index (χ1) is 10.7. The predicted molar refractivity (Wildman–Crippen MR) is 82.9 cm³/mol. The molecule has 0 N–H and O–H groups in total. The molecule has 1 aromatic carbocycles. The smallest absolute Gasteiger partial charge is 0.341 e. The Balaban J connectivity index is 2.08. The summed E-state index contributed by atoms with van der Waals surface area (Å²) in [6.45, 7) is 3.19. The summed E-state index contributed by atoms with van der Waals surface area (Å²) in [7, 11) is -7.81. The molecule has 1 aliphatic rings. The third kappa shape index (κ3) is 3.81. The minimum Gasteiger partial charge on any atom is -0.369 e. The monoisotopic (exact) mass is 368 g/mol. The Morgan fingerprint density at radius 1 is 1.00 bits per heavy atom. The molecule has 0 unspecified atom stereocenters. The topological polar surface area (TPSA) is 74.8 Å². The van der Waals surface area contributed by atoms with Crippen molar-refractivity contribution in [1.82, 2.24) is 4.31 Å². The van der Waals surface area contributed by atoms with Gasteiger partial charge in [-0.25, -0.2) is 16.8 Å². The number of anilines is 1. The molecule has 0 spiro atoms. The van der Waals surface area contributed by atoms with E-state index < -0.39 is 30.5 Å². The van der Waals surface area contributed by atoms with E-state index in [0.29, 0.717) is 31.9 Å². The van der Waals surface area contributed by atoms with Crippen LogP contribution in [0.2, 0.25) is 0 Å². The fourth-order valence-corrected chi connectivity index (χ4v) is 4.16. The molecule has 0 radical (unpaired) electrons. The summed E-state index contributed by atoms with van der Waals surface area (Å²) in [5, 5.41) is 0.